The van der Waals surface area contributed by atoms with Gasteiger partial charge < -0.3 is 14.8 Å². The predicted octanol–water partition coefficient (Wildman–Crippen LogP) is 0.691. The third-order valence-electron chi connectivity index (χ3n) is 3.44. The molecule has 6 heteroatoms. The zero-order valence-electron chi connectivity index (χ0n) is 10.8. The minimum Gasteiger partial charge on any atom is -0.480 e. The Morgan fingerprint density at radius 3 is 3.00 bits per heavy atom. The second-order valence-corrected chi connectivity index (χ2v) is 4.88. The Labute approximate surface area is 111 Å². The Kier molecular flexibility index (Phi) is 4.21. The van der Waals surface area contributed by atoms with E-state index in [-0.39, 0.29) is 18.4 Å². The number of aliphatic carboxylic acids is 1. The van der Waals surface area contributed by atoms with Crippen LogP contribution in [0.5, 0.6) is 0 Å². The zero-order valence-corrected chi connectivity index (χ0v) is 10.8. The van der Waals surface area contributed by atoms with Gasteiger partial charge in [0.15, 0.2) is 0 Å². The number of carbonyl (C=O) groups excluding carboxylic acids is 1. The number of hydrogen-bond donors (Lipinski definition) is 2. The average Bonchev–Trinajstić information content (AvgIpc) is 2.96. The first-order chi connectivity index (χ1) is 9.08. The fourth-order valence-electron chi connectivity index (χ4n) is 2.44. The monoisotopic (exact) mass is 266 g/mol. The number of amides is 1. The van der Waals surface area contributed by atoms with Crippen LogP contribution < -0.4 is 5.32 Å². The van der Waals surface area contributed by atoms with E-state index in [2.05, 4.69) is 5.32 Å². The molecule has 0 aliphatic carbocycles. The smallest absolute Gasteiger partial charge is 0.321 e. The molecule has 0 radical (unpaired) electrons. The van der Waals surface area contributed by atoms with Crippen molar-refractivity contribution in [1.82, 2.24) is 10.2 Å². The average molecular weight is 266 g/mol. The molecule has 0 bridgehead atoms. The minimum atomic E-state index is -0.858. The van der Waals surface area contributed by atoms with Gasteiger partial charge in [-0.25, -0.2) is 0 Å². The summed E-state index contributed by atoms with van der Waals surface area (Å²) in [6, 6.07) is 2.97. The van der Waals surface area contributed by atoms with Crippen molar-refractivity contribution in [2.24, 2.45) is 5.92 Å². The molecule has 104 valence electrons. The maximum Gasteiger partial charge on any atom is 0.321 e. The maximum absolute atomic E-state index is 11.8. The summed E-state index contributed by atoms with van der Waals surface area (Å²) in [4.78, 5) is 24.7. The molecule has 1 saturated heterocycles. The van der Waals surface area contributed by atoms with Crippen LogP contribution in [0.1, 0.15) is 19.1 Å². The predicted molar refractivity (Wildman–Crippen MR) is 67.3 cm³/mol. The van der Waals surface area contributed by atoms with Crippen molar-refractivity contribution in [2.45, 2.75) is 25.9 Å². The van der Waals surface area contributed by atoms with Gasteiger partial charge in [-0.3, -0.25) is 14.5 Å². The number of nitrogens with zero attached hydrogens (tertiary/aromatic N) is 1. The van der Waals surface area contributed by atoms with Crippen molar-refractivity contribution >= 4 is 11.9 Å². The largest absolute Gasteiger partial charge is 0.480 e. The summed E-state index contributed by atoms with van der Waals surface area (Å²) in [5, 5.41) is 11.9. The summed E-state index contributed by atoms with van der Waals surface area (Å²) in [5.41, 5.74) is 0. The van der Waals surface area contributed by atoms with Crippen LogP contribution in [0.2, 0.25) is 0 Å². The van der Waals surface area contributed by atoms with Gasteiger partial charge in [0.2, 0.25) is 5.91 Å². The molecule has 0 spiro atoms. The van der Waals surface area contributed by atoms with Gasteiger partial charge in [0, 0.05) is 0 Å². The number of rotatable bonds is 5. The standard InChI is InChI=1S/C13H18N2O4/c1-9-4-5-15(12(9)13(17)18)8-11(16)14-7-10-3-2-6-19-10/h2-3,6,9,12H,4-5,7-8H2,1H3,(H,14,16)(H,17,18). The molecular weight excluding hydrogens is 248 g/mol. The van der Waals surface area contributed by atoms with Crippen LogP contribution in [-0.2, 0) is 16.1 Å². The highest BCUT2D eigenvalue weighted by atomic mass is 16.4. The summed E-state index contributed by atoms with van der Waals surface area (Å²) in [5.74, 6) is -0.283. The molecule has 2 heterocycles. The molecule has 1 aromatic rings. The van der Waals surface area contributed by atoms with E-state index in [4.69, 9.17) is 9.52 Å². The number of likely N-dealkylation sites (tertiary alicyclic amines) is 1. The molecule has 1 amide bonds. The summed E-state index contributed by atoms with van der Waals surface area (Å²) >= 11 is 0. The number of carboxylic acid groups (broad SMARTS) is 1. The van der Waals surface area contributed by atoms with Crippen molar-refractivity contribution in [3.05, 3.63) is 24.2 Å². The number of carbonyl (C=O) groups is 2. The van der Waals surface area contributed by atoms with Crippen molar-refractivity contribution in [3.63, 3.8) is 0 Å². The van der Waals surface area contributed by atoms with Gasteiger partial charge in [0.05, 0.1) is 19.4 Å². The number of hydrogen-bond acceptors (Lipinski definition) is 4. The first-order valence-corrected chi connectivity index (χ1v) is 6.34. The highest BCUT2D eigenvalue weighted by molar-refractivity contribution is 5.80. The molecule has 0 aromatic carbocycles. The molecule has 2 atom stereocenters. The van der Waals surface area contributed by atoms with Crippen molar-refractivity contribution in [3.8, 4) is 0 Å². The van der Waals surface area contributed by atoms with Gasteiger partial charge in [0.25, 0.3) is 0 Å². The second kappa shape index (κ2) is 5.88. The molecule has 0 saturated carbocycles. The Bertz CT molecular complexity index is 444. The molecule has 1 aromatic heterocycles. The van der Waals surface area contributed by atoms with Gasteiger partial charge >= 0.3 is 5.97 Å². The molecule has 2 rings (SSSR count). The normalized spacial score (nSPS) is 23.4. The molecule has 2 unspecified atom stereocenters. The van der Waals surface area contributed by atoms with E-state index in [9.17, 15) is 9.59 Å². The summed E-state index contributed by atoms with van der Waals surface area (Å²) in [6.45, 7) is 2.99. The van der Waals surface area contributed by atoms with Gasteiger partial charge in [-0.05, 0) is 31.0 Å². The topological polar surface area (TPSA) is 82.8 Å². The highest BCUT2D eigenvalue weighted by Crippen LogP contribution is 2.23. The van der Waals surface area contributed by atoms with Crippen LogP contribution in [0.15, 0.2) is 22.8 Å². The Morgan fingerprint density at radius 1 is 1.58 bits per heavy atom. The first kappa shape index (κ1) is 13.6. The molecule has 1 aliphatic rings. The third-order valence-corrected chi connectivity index (χ3v) is 3.44. The van der Waals surface area contributed by atoms with E-state index < -0.39 is 12.0 Å². The van der Waals surface area contributed by atoms with Crippen LogP contribution >= 0.6 is 0 Å². The van der Waals surface area contributed by atoms with Crippen LogP contribution in [0.4, 0.5) is 0 Å². The maximum atomic E-state index is 11.8. The number of carboxylic acids is 1. The summed E-state index contributed by atoms with van der Waals surface area (Å²) in [6.07, 6.45) is 2.35. The van der Waals surface area contributed by atoms with Gasteiger partial charge in [-0.15, -0.1) is 0 Å². The summed E-state index contributed by atoms with van der Waals surface area (Å²) in [7, 11) is 0. The Hall–Kier alpha value is -1.82. The van der Waals surface area contributed by atoms with Gasteiger partial charge in [0.1, 0.15) is 11.8 Å². The van der Waals surface area contributed by atoms with E-state index in [0.717, 1.165) is 6.42 Å². The Morgan fingerprint density at radius 2 is 2.37 bits per heavy atom. The third kappa shape index (κ3) is 3.35. The first-order valence-electron chi connectivity index (χ1n) is 6.34. The summed E-state index contributed by atoms with van der Waals surface area (Å²) < 4.78 is 5.11. The van der Waals surface area contributed by atoms with Crippen molar-refractivity contribution in [2.75, 3.05) is 13.1 Å². The molecule has 2 N–H and O–H groups in total. The number of nitrogens with one attached hydrogen (secondary N) is 1. The van der Waals surface area contributed by atoms with Crippen LogP contribution in [0.3, 0.4) is 0 Å². The lowest BCUT2D eigenvalue weighted by Gasteiger charge is -2.22. The van der Waals surface area contributed by atoms with Crippen molar-refractivity contribution in [1.29, 1.82) is 0 Å². The van der Waals surface area contributed by atoms with Crippen LogP contribution in [0, 0.1) is 5.92 Å². The van der Waals surface area contributed by atoms with Crippen LogP contribution in [0.25, 0.3) is 0 Å². The van der Waals surface area contributed by atoms with Crippen LogP contribution in [-0.4, -0.2) is 41.0 Å². The molecular formula is C13H18N2O4. The molecule has 6 nitrogen and oxygen atoms in total. The highest BCUT2D eigenvalue weighted by Gasteiger charge is 2.37. The second-order valence-electron chi connectivity index (χ2n) is 4.88. The fraction of sp³-hybridized carbons (Fsp3) is 0.538. The molecule has 19 heavy (non-hydrogen) atoms. The lowest BCUT2D eigenvalue weighted by molar-refractivity contribution is -0.143. The zero-order chi connectivity index (χ0) is 13.8. The molecule has 1 fully saturated rings. The van der Waals surface area contributed by atoms with E-state index >= 15 is 0 Å². The minimum absolute atomic E-state index is 0.0790. The van der Waals surface area contributed by atoms with Gasteiger partial charge in [-0.1, -0.05) is 6.92 Å². The SMILES string of the molecule is CC1CCN(CC(=O)NCc2ccco2)C1C(=O)O. The van der Waals surface area contributed by atoms with E-state index in [0.29, 0.717) is 18.8 Å². The fourth-order valence-corrected chi connectivity index (χ4v) is 2.44. The lowest BCUT2D eigenvalue weighted by atomic mass is 10.0. The quantitative estimate of drug-likeness (QED) is 0.819. The van der Waals surface area contributed by atoms with Crippen molar-refractivity contribution < 1.29 is 19.1 Å². The number of furan rings is 1. The van der Waals surface area contributed by atoms with E-state index in [1.54, 1.807) is 23.3 Å². The van der Waals surface area contributed by atoms with E-state index in [1.165, 1.54) is 0 Å². The Balaban J connectivity index is 1.83. The lowest BCUT2D eigenvalue weighted by Crippen LogP contribution is -2.44. The molecule has 1 aliphatic heterocycles. The van der Waals surface area contributed by atoms with Gasteiger partial charge in [-0.2, -0.15) is 0 Å². The van der Waals surface area contributed by atoms with E-state index in [1.807, 2.05) is 6.92 Å².